The topological polar surface area (TPSA) is 149 Å². The molecule has 216 valence electrons. The van der Waals surface area contributed by atoms with E-state index in [1.54, 1.807) is 0 Å². The molecule has 4 aliphatic rings. The first-order valence-corrected chi connectivity index (χ1v) is 14.6. The van der Waals surface area contributed by atoms with Crippen LogP contribution in [-0.4, -0.2) is 70.4 Å². The van der Waals surface area contributed by atoms with Crippen LogP contribution >= 0.6 is 0 Å². The van der Waals surface area contributed by atoms with E-state index >= 15 is 0 Å². The third kappa shape index (κ3) is 8.13. The predicted molar refractivity (Wildman–Crippen MR) is 134 cm³/mol. The Bertz CT molecular complexity index is 787. The summed E-state index contributed by atoms with van der Waals surface area (Å²) in [6.45, 7) is 0.333. The molecule has 10 heteroatoms. The molecule has 0 amide bonds. The van der Waals surface area contributed by atoms with E-state index in [0.717, 1.165) is 57.8 Å². The predicted octanol–water partition coefficient (Wildman–Crippen LogP) is 3.87. The van der Waals surface area contributed by atoms with E-state index in [4.69, 9.17) is 19.2 Å². The fourth-order valence-electron chi connectivity index (χ4n) is 6.73. The van der Waals surface area contributed by atoms with E-state index in [9.17, 15) is 29.7 Å². The van der Waals surface area contributed by atoms with Gasteiger partial charge in [-0.15, -0.1) is 0 Å². The standard InChI is InChI=1S/C28H44O10/c29-18-5-14-24(27(32)33)25(15-18)28(34)37-21-8-6-19(7-9-21)36-20-10-12-22(13-11-20)38-35-16-17-3-1-2-4-23(17)26(30)31/h17-25,29H,1-16H2,(H,30,31)(H,32,33). The number of hydrogen-bond donors (Lipinski definition) is 3. The van der Waals surface area contributed by atoms with Crippen LogP contribution in [0.3, 0.4) is 0 Å². The summed E-state index contributed by atoms with van der Waals surface area (Å²) in [6, 6.07) is 0. The van der Waals surface area contributed by atoms with Crippen molar-refractivity contribution in [1.29, 1.82) is 0 Å². The van der Waals surface area contributed by atoms with Gasteiger partial charge in [-0.25, -0.2) is 9.78 Å². The number of ether oxygens (including phenoxy) is 2. The van der Waals surface area contributed by atoms with E-state index < -0.39 is 35.8 Å². The number of aliphatic carboxylic acids is 2. The first kappa shape index (κ1) is 29.2. The fourth-order valence-corrected chi connectivity index (χ4v) is 6.73. The van der Waals surface area contributed by atoms with Gasteiger partial charge < -0.3 is 24.8 Å². The number of aliphatic hydroxyl groups excluding tert-OH is 1. The molecule has 5 unspecified atom stereocenters. The average Bonchev–Trinajstić information content (AvgIpc) is 2.90. The van der Waals surface area contributed by atoms with Crippen molar-refractivity contribution in [3.05, 3.63) is 0 Å². The van der Waals surface area contributed by atoms with Crippen LogP contribution in [-0.2, 0) is 33.6 Å². The van der Waals surface area contributed by atoms with Crippen LogP contribution in [0.5, 0.6) is 0 Å². The summed E-state index contributed by atoms with van der Waals surface area (Å²) in [5.41, 5.74) is 0. The number of esters is 1. The molecule has 4 rings (SSSR count). The van der Waals surface area contributed by atoms with Crippen molar-refractivity contribution in [1.82, 2.24) is 0 Å². The van der Waals surface area contributed by atoms with E-state index in [2.05, 4.69) is 0 Å². The third-order valence-electron chi connectivity index (χ3n) is 9.07. The number of rotatable bonds is 10. The van der Waals surface area contributed by atoms with E-state index in [0.29, 0.717) is 38.7 Å². The van der Waals surface area contributed by atoms with Gasteiger partial charge in [-0.05, 0) is 89.4 Å². The quantitative estimate of drug-likeness (QED) is 0.212. The number of carbonyl (C=O) groups is 3. The summed E-state index contributed by atoms with van der Waals surface area (Å²) in [6.07, 6.45) is 10.2. The van der Waals surface area contributed by atoms with Gasteiger partial charge in [0.25, 0.3) is 0 Å². The molecule has 0 aromatic carbocycles. The van der Waals surface area contributed by atoms with Crippen molar-refractivity contribution in [2.24, 2.45) is 23.7 Å². The zero-order valence-corrected chi connectivity index (χ0v) is 22.2. The monoisotopic (exact) mass is 540 g/mol. The lowest BCUT2D eigenvalue weighted by Crippen LogP contribution is -2.40. The number of carbonyl (C=O) groups excluding carboxylic acids is 1. The zero-order valence-electron chi connectivity index (χ0n) is 22.2. The number of carboxylic acids is 2. The van der Waals surface area contributed by atoms with Crippen LogP contribution in [0.4, 0.5) is 0 Å². The highest BCUT2D eigenvalue weighted by atomic mass is 17.2. The minimum Gasteiger partial charge on any atom is -0.481 e. The van der Waals surface area contributed by atoms with Gasteiger partial charge in [0.2, 0.25) is 0 Å². The average molecular weight is 541 g/mol. The first-order valence-electron chi connectivity index (χ1n) is 14.6. The van der Waals surface area contributed by atoms with Crippen molar-refractivity contribution in [3.63, 3.8) is 0 Å². The molecule has 4 fully saturated rings. The molecule has 3 N–H and O–H groups in total. The maximum atomic E-state index is 12.7. The number of carboxylic acid groups (broad SMARTS) is 2. The summed E-state index contributed by atoms with van der Waals surface area (Å²) in [4.78, 5) is 46.8. The highest BCUT2D eigenvalue weighted by Crippen LogP contribution is 2.35. The van der Waals surface area contributed by atoms with Gasteiger partial charge in [-0.1, -0.05) is 12.8 Å². The van der Waals surface area contributed by atoms with Gasteiger partial charge in [0.05, 0.1) is 48.8 Å². The molecule has 0 heterocycles. The van der Waals surface area contributed by atoms with Crippen LogP contribution < -0.4 is 0 Å². The second-order valence-corrected chi connectivity index (χ2v) is 11.8. The maximum absolute atomic E-state index is 12.7. The van der Waals surface area contributed by atoms with E-state index in [1.165, 1.54) is 0 Å². The Morgan fingerprint density at radius 3 is 1.84 bits per heavy atom. The molecule has 0 spiro atoms. The summed E-state index contributed by atoms with van der Waals surface area (Å²) in [5, 5.41) is 28.8. The minimum atomic E-state index is -1.00. The summed E-state index contributed by atoms with van der Waals surface area (Å²) < 4.78 is 12.0. The van der Waals surface area contributed by atoms with Gasteiger partial charge in [0, 0.05) is 0 Å². The van der Waals surface area contributed by atoms with E-state index in [1.807, 2.05) is 0 Å². The molecule has 0 radical (unpaired) electrons. The lowest BCUT2D eigenvalue weighted by atomic mass is 9.78. The van der Waals surface area contributed by atoms with Crippen molar-refractivity contribution >= 4 is 17.9 Å². The van der Waals surface area contributed by atoms with Crippen molar-refractivity contribution < 1.29 is 49.0 Å². The lowest BCUT2D eigenvalue weighted by Gasteiger charge is -2.35. The minimum absolute atomic E-state index is 0.00445. The second-order valence-electron chi connectivity index (χ2n) is 11.8. The highest BCUT2D eigenvalue weighted by Gasteiger charge is 2.41. The molecule has 38 heavy (non-hydrogen) atoms. The molecule has 0 saturated heterocycles. The van der Waals surface area contributed by atoms with E-state index in [-0.39, 0.29) is 42.7 Å². The molecule has 0 aromatic heterocycles. The molecule has 5 atom stereocenters. The zero-order chi connectivity index (χ0) is 27.1. The van der Waals surface area contributed by atoms with Gasteiger partial charge in [0.15, 0.2) is 0 Å². The normalized spacial score (nSPS) is 38.3. The SMILES string of the molecule is O=C(O)C1CCCCC1COOC1CCC(OC2CCC(OC(=O)C3CC(O)CCC3C(=O)O)CC2)CC1. The maximum Gasteiger partial charge on any atom is 0.310 e. The Kier molecular flexibility index (Phi) is 10.8. The summed E-state index contributed by atoms with van der Waals surface area (Å²) >= 11 is 0. The molecule has 0 aliphatic heterocycles. The van der Waals surface area contributed by atoms with Crippen LogP contribution in [0.15, 0.2) is 0 Å². The van der Waals surface area contributed by atoms with Crippen molar-refractivity contribution in [3.8, 4) is 0 Å². The van der Waals surface area contributed by atoms with Crippen LogP contribution in [0.25, 0.3) is 0 Å². The van der Waals surface area contributed by atoms with Gasteiger partial charge >= 0.3 is 17.9 Å². The number of aliphatic hydroxyl groups is 1. The molecule has 0 aromatic rings. The summed E-state index contributed by atoms with van der Waals surface area (Å²) in [7, 11) is 0. The molecule has 4 aliphatic carbocycles. The van der Waals surface area contributed by atoms with Gasteiger partial charge in [0.1, 0.15) is 6.10 Å². The molecular formula is C28H44O10. The van der Waals surface area contributed by atoms with Crippen LogP contribution in [0.2, 0.25) is 0 Å². The van der Waals surface area contributed by atoms with Gasteiger partial charge in [-0.3, -0.25) is 14.4 Å². The summed E-state index contributed by atoms with van der Waals surface area (Å²) in [5.74, 6) is -4.13. The molecule has 10 nitrogen and oxygen atoms in total. The smallest absolute Gasteiger partial charge is 0.310 e. The second kappa shape index (κ2) is 14.1. The molecule has 0 bridgehead atoms. The lowest BCUT2D eigenvalue weighted by molar-refractivity contribution is -0.338. The highest BCUT2D eigenvalue weighted by molar-refractivity contribution is 5.81. The van der Waals surface area contributed by atoms with Gasteiger partial charge in [-0.2, -0.15) is 0 Å². The first-order chi connectivity index (χ1) is 18.3. The fraction of sp³-hybridized carbons (Fsp3) is 0.893. The Labute approximate surface area is 224 Å². The van der Waals surface area contributed by atoms with Crippen molar-refractivity contribution in [2.75, 3.05) is 6.61 Å². The van der Waals surface area contributed by atoms with Crippen LogP contribution in [0, 0.1) is 23.7 Å². The van der Waals surface area contributed by atoms with Crippen LogP contribution in [0.1, 0.15) is 96.3 Å². The van der Waals surface area contributed by atoms with Crippen molar-refractivity contribution in [2.45, 2.75) is 127 Å². The molecular weight excluding hydrogens is 496 g/mol. The Morgan fingerprint density at radius 2 is 1.21 bits per heavy atom. The largest absolute Gasteiger partial charge is 0.481 e. The Hall–Kier alpha value is -1.75. The Morgan fingerprint density at radius 1 is 0.632 bits per heavy atom. The number of hydrogen-bond acceptors (Lipinski definition) is 8. The Balaban J connectivity index is 1.10. The molecule has 4 saturated carbocycles. The third-order valence-corrected chi connectivity index (χ3v) is 9.07.